The van der Waals surface area contributed by atoms with Crippen molar-refractivity contribution >= 4 is 17.5 Å². The van der Waals surface area contributed by atoms with E-state index in [2.05, 4.69) is 25.8 Å². The number of aromatic amines is 1. The molecule has 9 heteroatoms. The van der Waals surface area contributed by atoms with Crippen molar-refractivity contribution in [3.63, 3.8) is 0 Å². The van der Waals surface area contributed by atoms with Crippen molar-refractivity contribution in [3.8, 4) is 11.4 Å². The Morgan fingerprint density at radius 1 is 1.06 bits per heavy atom. The average molecular weight is 439 g/mol. The van der Waals surface area contributed by atoms with E-state index in [4.69, 9.17) is 0 Å². The van der Waals surface area contributed by atoms with Crippen molar-refractivity contribution in [2.75, 3.05) is 5.32 Å². The minimum atomic E-state index is -0.990. The van der Waals surface area contributed by atoms with Crippen molar-refractivity contribution in [2.45, 2.75) is 38.6 Å². The maximum absolute atomic E-state index is 13.9. The van der Waals surface area contributed by atoms with Gasteiger partial charge in [-0.25, -0.2) is 13.8 Å². The predicted octanol–water partition coefficient (Wildman–Crippen LogP) is 4.02. The number of aromatic nitrogens is 3. The SMILES string of the molecule is CC(C)[C@H](NC(=O)c1c(F)cccc1F)C(=O)Nc1ccc(-c2n[nH]c(C3CC3)n2)cc1. The first kappa shape index (κ1) is 21.6. The fraction of sp³-hybridized carbons (Fsp3) is 0.304. The first-order valence-corrected chi connectivity index (χ1v) is 10.4. The Bertz CT molecular complexity index is 1120. The number of rotatable bonds is 7. The van der Waals surface area contributed by atoms with Gasteiger partial charge in [0, 0.05) is 17.2 Å². The third kappa shape index (κ3) is 4.66. The lowest BCUT2D eigenvalue weighted by molar-refractivity contribution is -0.118. The van der Waals surface area contributed by atoms with Crippen LogP contribution in [0.15, 0.2) is 42.5 Å². The molecule has 7 nitrogen and oxygen atoms in total. The lowest BCUT2D eigenvalue weighted by Gasteiger charge is -2.22. The van der Waals surface area contributed by atoms with E-state index in [1.165, 1.54) is 6.07 Å². The highest BCUT2D eigenvalue weighted by molar-refractivity contribution is 6.01. The molecular weight excluding hydrogens is 416 g/mol. The minimum absolute atomic E-state index is 0.317. The number of amides is 2. The summed E-state index contributed by atoms with van der Waals surface area (Å²) >= 11 is 0. The highest BCUT2D eigenvalue weighted by Crippen LogP contribution is 2.38. The van der Waals surface area contributed by atoms with Crippen LogP contribution in [0.1, 0.15) is 48.8 Å². The van der Waals surface area contributed by atoms with Crippen molar-refractivity contribution in [2.24, 2.45) is 5.92 Å². The average Bonchev–Trinajstić information content (AvgIpc) is 3.49. The van der Waals surface area contributed by atoms with Crippen LogP contribution in [0.4, 0.5) is 14.5 Å². The molecule has 166 valence electrons. The largest absolute Gasteiger partial charge is 0.340 e. The summed E-state index contributed by atoms with van der Waals surface area (Å²) in [7, 11) is 0. The lowest BCUT2D eigenvalue weighted by atomic mass is 10.0. The second kappa shape index (κ2) is 8.86. The molecule has 32 heavy (non-hydrogen) atoms. The second-order valence-electron chi connectivity index (χ2n) is 8.18. The van der Waals surface area contributed by atoms with Crippen LogP contribution in [0.25, 0.3) is 11.4 Å². The number of hydrogen-bond donors (Lipinski definition) is 3. The van der Waals surface area contributed by atoms with Gasteiger partial charge >= 0.3 is 0 Å². The van der Waals surface area contributed by atoms with E-state index in [0.29, 0.717) is 17.4 Å². The monoisotopic (exact) mass is 439 g/mol. The van der Waals surface area contributed by atoms with E-state index in [9.17, 15) is 18.4 Å². The van der Waals surface area contributed by atoms with Gasteiger partial charge < -0.3 is 10.6 Å². The number of anilines is 1. The molecule has 3 N–H and O–H groups in total. The number of hydrogen-bond acceptors (Lipinski definition) is 4. The molecular formula is C23H23F2N5O2. The molecule has 1 fully saturated rings. The molecule has 0 bridgehead atoms. The molecule has 2 amide bonds. The molecule has 1 aliphatic carbocycles. The van der Waals surface area contributed by atoms with E-state index < -0.39 is 35.1 Å². The zero-order chi connectivity index (χ0) is 22.8. The molecule has 1 atom stereocenters. The van der Waals surface area contributed by atoms with Crippen LogP contribution in [0.5, 0.6) is 0 Å². The molecule has 2 aromatic carbocycles. The maximum Gasteiger partial charge on any atom is 0.257 e. The van der Waals surface area contributed by atoms with E-state index in [-0.39, 0.29) is 5.92 Å². The van der Waals surface area contributed by atoms with E-state index >= 15 is 0 Å². The van der Waals surface area contributed by atoms with Crippen LogP contribution in [0, 0.1) is 17.6 Å². The van der Waals surface area contributed by atoms with E-state index in [1.807, 2.05) is 0 Å². The Balaban J connectivity index is 1.43. The minimum Gasteiger partial charge on any atom is -0.340 e. The molecule has 1 heterocycles. The molecule has 0 saturated heterocycles. The molecule has 3 aromatic rings. The smallest absolute Gasteiger partial charge is 0.257 e. The molecule has 0 unspecified atom stereocenters. The first-order chi connectivity index (χ1) is 15.3. The summed E-state index contributed by atoms with van der Waals surface area (Å²) in [6, 6.07) is 9.14. The fourth-order valence-corrected chi connectivity index (χ4v) is 3.33. The topological polar surface area (TPSA) is 99.8 Å². The molecule has 4 rings (SSSR count). The summed E-state index contributed by atoms with van der Waals surface area (Å²) in [6.07, 6.45) is 2.24. The number of nitrogens with one attached hydrogen (secondary N) is 3. The van der Waals surface area contributed by atoms with Gasteiger partial charge in [-0.15, -0.1) is 0 Å². The normalized spacial score (nSPS) is 14.3. The highest BCUT2D eigenvalue weighted by Gasteiger charge is 2.28. The van der Waals surface area contributed by atoms with E-state index in [0.717, 1.165) is 36.4 Å². The van der Waals surface area contributed by atoms with Crippen LogP contribution in [0.2, 0.25) is 0 Å². The van der Waals surface area contributed by atoms with Gasteiger partial charge in [0.1, 0.15) is 29.1 Å². The summed E-state index contributed by atoms with van der Waals surface area (Å²) < 4.78 is 27.8. The number of H-pyrrole nitrogens is 1. The van der Waals surface area contributed by atoms with Gasteiger partial charge in [0.15, 0.2) is 5.82 Å². The van der Waals surface area contributed by atoms with Crippen molar-refractivity contribution in [1.82, 2.24) is 20.5 Å². The van der Waals surface area contributed by atoms with Crippen LogP contribution in [0.3, 0.4) is 0 Å². The Morgan fingerprint density at radius 3 is 2.31 bits per heavy atom. The predicted molar refractivity (Wildman–Crippen MR) is 115 cm³/mol. The number of benzene rings is 2. The summed E-state index contributed by atoms with van der Waals surface area (Å²) in [6.45, 7) is 3.46. The van der Waals surface area contributed by atoms with Crippen molar-refractivity contribution in [3.05, 3.63) is 65.5 Å². The second-order valence-corrected chi connectivity index (χ2v) is 8.18. The van der Waals surface area contributed by atoms with E-state index in [1.54, 1.807) is 38.1 Å². The standard InChI is InChI=1S/C23H23F2N5O2/c1-12(2)19(27-22(31)18-16(24)4-3-5-17(18)25)23(32)26-15-10-8-14(9-11-15)21-28-20(29-30-21)13-6-7-13/h3-5,8-13,19H,6-7H2,1-2H3,(H,26,32)(H,27,31)(H,28,29,30)/t19-/m0/s1. The molecule has 1 aromatic heterocycles. The summed E-state index contributed by atoms with van der Waals surface area (Å²) in [4.78, 5) is 29.7. The summed E-state index contributed by atoms with van der Waals surface area (Å²) in [5, 5.41) is 12.4. The Kier molecular flexibility index (Phi) is 5.98. The van der Waals surface area contributed by atoms with Crippen molar-refractivity contribution in [1.29, 1.82) is 0 Å². The summed E-state index contributed by atoms with van der Waals surface area (Å²) in [5.41, 5.74) is 0.593. The Morgan fingerprint density at radius 2 is 1.72 bits per heavy atom. The number of carbonyl (C=O) groups excluding carboxylic acids is 2. The van der Waals surface area contributed by atoms with Crippen LogP contribution < -0.4 is 10.6 Å². The van der Waals surface area contributed by atoms with Gasteiger partial charge in [0.05, 0.1) is 0 Å². The van der Waals surface area contributed by atoms with Crippen LogP contribution in [-0.2, 0) is 4.79 Å². The van der Waals surface area contributed by atoms with Gasteiger partial charge in [-0.2, -0.15) is 5.10 Å². The Labute approximate surface area is 183 Å². The first-order valence-electron chi connectivity index (χ1n) is 10.4. The Hall–Kier alpha value is -3.62. The number of halogens is 2. The maximum atomic E-state index is 13.9. The zero-order valence-electron chi connectivity index (χ0n) is 17.7. The van der Waals surface area contributed by atoms with Crippen LogP contribution in [-0.4, -0.2) is 33.0 Å². The molecule has 0 radical (unpaired) electrons. The van der Waals surface area contributed by atoms with Gasteiger partial charge in [0.2, 0.25) is 5.91 Å². The third-order valence-electron chi connectivity index (χ3n) is 5.30. The van der Waals surface area contributed by atoms with Gasteiger partial charge in [-0.1, -0.05) is 19.9 Å². The number of carbonyl (C=O) groups is 2. The fourth-order valence-electron chi connectivity index (χ4n) is 3.33. The summed E-state index contributed by atoms with van der Waals surface area (Å²) in [5.74, 6) is -1.83. The quantitative estimate of drug-likeness (QED) is 0.518. The third-order valence-corrected chi connectivity index (χ3v) is 5.30. The molecule has 1 aliphatic rings. The number of nitrogens with zero attached hydrogens (tertiary/aromatic N) is 2. The highest BCUT2D eigenvalue weighted by atomic mass is 19.1. The van der Waals surface area contributed by atoms with Gasteiger partial charge in [0.25, 0.3) is 5.91 Å². The molecule has 1 saturated carbocycles. The molecule has 0 aliphatic heterocycles. The van der Waals surface area contributed by atoms with Crippen molar-refractivity contribution < 1.29 is 18.4 Å². The van der Waals surface area contributed by atoms with Crippen LogP contribution >= 0.6 is 0 Å². The van der Waals surface area contributed by atoms with Gasteiger partial charge in [-0.05, 0) is 55.2 Å². The lowest BCUT2D eigenvalue weighted by Crippen LogP contribution is -2.47. The zero-order valence-corrected chi connectivity index (χ0v) is 17.7. The molecule has 0 spiro atoms. The van der Waals surface area contributed by atoms with Gasteiger partial charge in [-0.3, -0.25) is 14.7 Å².